The van der Waals surface area contributed by atoms with E-state index in [1.807, 2.05) is 0 Å². The number of hydrogen-bond acceptors (Lipinski definition) is 8. The Balaban J connectivity index is 0. The van der Waals surface area contributed by atoms with Crippen LogP contribution in [0.5, 0.6) is 0 Å². The molecule has 0 bridgehead atoms. The highest BCUT2D eigenvalue weighted by Crippen LogP contribution is 1.85. The number of carbonyl (C=O) groups is 3. The summed E-state index contributed by atoms with van der Waals surface area (Å²) in [5.41, 5.74) is 0. The second-order valence-electron chi connectivity index (χ2n) is 1.90. The molecular weight excluding hydrogens is 236 g/mol. The van der Waals surface area contributed by atoms with Gasteiger partial charge < -0.3 is 0 Å². The van der Waals surface area contributed by atoms with Crippen LogP contribution in [-0.4, -0.2) is 23.2 Å². The average Bonchev–Trinajstić information content (AvgIpc) is 2.37. The van der Waals surface area contributed by atoms with Crippen LogP contribution in [0.2, 0.25) is 0 Å². The first-order valence-electron chi connectivity index (χ1n) is 3.83. The molecule has 0 rings (SSSR count). The van der Waals surface area contributed by atoms with Gasteiger partial charge in [-0.15, -0.1) is 0 Å². The first kappa shape index (κ1) is 17.0. The van der Waals surface area contributed by atoms with Crippen LogP contribution in [0.3, 0.4) is 0 Å². The van der Waals surface area contributed by atoms with Gasteiger partial charge in [-0.3, -0.25) is 14.7 Å². The Bertz CT molecular complexity index is 286. The smallest absolute Gasteiger partial charge is 0.296 e. The van der Waals surface area contributed by atoms with Crippen molar-refractivity contribution in [3.63, 3.8) is 0 Å². The van der Waals surface area contributed by atoms with Crippen LogP contribution in [0.25, 0.3) is 0 Å². The van der Waals surface area contributed by atoms with Crippen LogP contribution in [0.15, 0.2) is 38.0 Å². The lowest BCUT2D eigenvalue weighted by Crippen LogP contribution is -2.06. The third-order valence-electron chi connectivity index (χ3n) is 0.822. The van der Waals surface area contributed by atoms with Crippen molar-refractivity contribution >= 4 is 17.9 Å². The molecule has 0 aromatic heterocycles. The Morgan fingerprint density at radius 3 is 1.35 bits per heavy atom. The molecule has 0 radical (unpaired) electrons. The van der Waals surface area contributed by atoms with Crippen LogP contribution in [-0.2, 0) is 34.1 Å². The maximum absolute atomic E-state index is 10.2. The lowest BCUT2D eigenvalue weighted by Gasteiger charge is -1.95. The molecule has 0 spiro atoms. The summed E-state index contributed by atoms with van der Waals surface area (Å²) in [6.07, 6.45) is 2.56. The molecule has 94 valence electrons. The molecule has 0 saturated heterocycles. The first-order valence-corrected chi connectivity index (χ1v) is 3.83. The maximum Gasteiger partial charge on any atom is 0.369 e. The van der Waals surface area contributed by atoms with Gasteiger partial charge in [-0.05, 0) is 0 Å². The summed E-state index contributed by atoms with van der Waals surface area (Å²) in [6, 6.07) is 0. The fraction of sp³-hybridized carbons (Fsp3) is 0. The van der Waals surface area contributed by atoms with Gasteiger partial charge in [0.1, 0.15) is 0 Å². The molecule has 0 aromatic rings. The van der Waals surface area contributed by atoms with Gasteiger partial charge in [-0.25, -0.2) is 14.4 Å². The molecule has 0 aromatic carbocycles. The number of carbonyl (C=O) groups excluding carboxylic acids is 3. The second kappa shape index (κ2) is 11.6. The van der Waals surface area contributed by atoms with Crippen molar-refractivity contribution in [2.75, 3.05) is 0 Å². The van der Waals surface area contributed by atoms with E-state index in [1.165, 1.54) is 0 Å². The zero-order chi connectivity index (χ0) is 13.7. The Hall–Kier alpha value is -2.45. The van der Waals surface area contributed by atoms with Crippen molar-refractivity contribution in [1.29, 1.82) is 0 Å². The van der Waals surface area contributed by atoms with Gasteiger partial charge in [0, 0.05) is 23.3 Å². The molecule has 1 N–H and O–H groups in total. The van der Waals surface area contributed by atoms with Gasteiger partial charge in [0.25, 0.3) is 0 Å². The summed E-state index contributed by atoms with van der Waals surface area (Å²) >= 11 is 0. The predicted molar refractivity (Wildman–Crippen MR) is 52.6 cm³/mol. The van der Waals surface area contributed by atoms with Crippen molar-refractivity contribution in [3.8, 4) is 0 Å². The van der Waals surface area contributed by atoms with E-state index in [4.69, 9.17) is 5.26 Å². The SMILES string of the molecule is C=CC(=O)OO.C=CC(=O)OOOC(=O)C=C. The predicted octanol–water partition coefficient (Wildman–Crippen LogP) is 0.480. The molecule has 17 heavy (non-hydrogen) atoms. The molecule has 8 nitrogen and oxygen atoms in total. The number of hydrogen-bond donors (Lipinski definition) is 1. The van der Waals surface area contributed by atoms with E-state index < -0.39 is 17.9 Å². The summed E-state index contributed by atoms with van der Waals surface area (Å²) in [7, 11) is 0. The van der Waals surface area contributed by atoms with E-state index in [0.29, 0.717) is 0 Å². The Labute approximate surface area is 96.1 Å². The third-order valence-corrected chi connectivity index (χ3v) is 0.822. The normalized spacial score (nSPS) is 7.59. The van der Waals surface area contributed by atoms with Crippen molar-refractivity contribution in [1.82, 2.24) is 0 Å². The maximum atomic E-state index is 10.2. The Kier molecular flexibility index (Phi) is 11.6. The molecule has 0 aliphatic carbocycles. The first-order chi connectivity index (χ1) is 8.01. The minimum atomic E-state index is -0.859. The van der Waals surface area contributed by atoms with Gasteiger partial charge in [-0.1, -0.05) is 19.7 Å². The molecule has 0 atom stereocenters. The zero-order valence-corrected chi connectivity index (χ0v) is 8.66. The topological polar surface area (TPSA) is 108 Å². The van der Waals surface area contributed by atoms with E-state index in [0.717, 1.165) is 18.2 Å². The Morgan fingerprint density at radius 1 is 0.824 bits per heavy atom. The molecule has 0 heterocycles. The highest BCUT2D eigenvalue weighted by atomic mass is 17.5. The molecule has 0 aliphatic rings. The molecule has 0 unspecified atom stereocenters. The molecule has 8 heteroatoms. The standard InChI is InChI=1S/C6H6O5.C3H4O3/c1-3-5(7)9-11-10-6(8)4-2;1-2-3(4)6-5/h3-4H,1-2H2;2,5H,1H2. The molecule has 0 fully saturated rings. The van der Waals surface area contributed by atoms with E-state index in [-0.39, 0.29) is 0 Å². The van der Waals surface area contributed by atoms with Crippen molar-refractivity contribution < 1.29 is 39.3 Å². The highest BCUT2D eigenvalue weighted by Gasteiger charge is 2.00. The van der Waals surface area contributed by atoms with Gasteiger partial charge in [0.2, 0.25) is 0 Å². The van der Waals surface area contributed by atoms with Crippen LogP contribution in [0.4, 0.5) is 0 Å². The summed E-state index contributed by atoms with van der Waals surface area (Å²) in [5.74, 6) is -2.56. The van der Waals surface area contributed by atoms with Crippen molar-refractivity contribution in [3.05, 3.63) is 38.0 Å². The van der Waals surface area contributed by atoms with Crippen LogP contribution >= 0.6 is 0 Å². The molecule has 0 aliphatic heterocycles. The lowest BCUT2D eigenvalue weighted by molar-refractivity contribution is -0.455. The van der Waals surface area contributed by atoms with E-state index in [2.05, 4.69) is 39.4 Å². The Morgan fingerprint density at radius 2 is 1.18 bits per heavy atom. The van der Waals surface area contributed by atoms with E-state index in [9.17, 15) is 14.4 Å². The minimum absolute atomic E-state index is 0.838. The third kappa shape index (κ3) is 13.6. The van der Waals surface area contributed by atoms with Gasteiger partial charge in [-0.2, -0.15) is 5.26 Å². The van der Waals surface area contributed by atoms with Crippen LogP contribution in [0.1, 0.15) is 0 Å². The fourth-order valence-electron chi connectivity index (χ4n) is 0.189. The lowest BCUT2D eigenvalue weighted by atomic mass is 10.7. The van der Waals surface area contributed by atoms with Gasteiger partial charge in [0.05, 0.1) is 0 Å². The molecular formula is C9H10O8. The van der Waals surface area contributed by atoms with E-state index in [1.54, 1.807) is 0 Å². The minimum Gasteiger partial charge on any atom is -0.296 e. The van der Waals surface area contributed by atoms with Crippen molar-refractivity contribution in [2.45, 2.75) is 0 Å². The second-order valence-corrected chi connectivity index (χ2v) is 1.90. The fourth-order valence-corrected chi connectivity index (χ4v) is 0.189. The quantitative estimate of drug-likeness (QED) is 0.424. The average molecular weight is 246 g/mol. The van der Waals surface area contributed by atoms with Crippen LogP contribution < -0.4 is 0 Å². The molecule has 0 saturated carbocycles. The van der Waals surface area contributed by atoms with Gasteiger partial charge in [0.15, 0.2) is 0 Å². The summed E-state index contributed by atoms with van der Waals surface area (Å²) in [4.78, 5) is 40.8. The largest absolute Gasteiger partial charge is 0.369 e. The van der Waals surface area contributed by atoms with Crippen molar-refractivity contribution in [2.24, 2.45) is 0 Å². The monoisotopic (exact) mass is 246 g/mol. The summed E-state index contributed by atoms with van der Waals surface area (Å²) < 4.78 is 0. The summed E-state index contributed by atoms with van der Waals surface area (Å²) in [6.45, 7) is 9.12. The zero-order valence-electron chi connectivity index (χ0n) is 8.66. The summed E-state index contributed by atoms with van der Waals surface area (Å²) in [5, 5.41) is 11.1. The molecule has 0 amide bonds. The van der Waals surface area contributed by atoms with E-state index >= 15 is 0 Å². The number of rotatable bonds is 5. The highest BCUT2D eigenvalue weighted by molar-refractivity contribution is 5.81. The van der Waals surface area contributed by atoms with Crippen LogP contribution in [0, 0.1) is 0 Å². The van der Waals surface area contributed by atoms with Gasteiger partial charge >= 0.3 is 17.9 Å².